The van der Waals surface area contributed by atoms with Gasteiger partial charge >= 0.3 is 0 Å². The summed E-state index contributed by atoms with van der Waals surface area (Å²) in [6, 6.07) is 0. The lowest BCUT2D eigenvalue weighted by Gasteiger charge is -2.35. The van der Waals surface area contributed by atoms with Crippen LogP contribution in [0.5, 0.6) is 0 Å². The molecule has 2 unspecified atom stereocenters. The molecule has 1 amide bonds. The number of carbonyl (C=O) groups is 1. The van der Waals surface area contributed by atoms with Gasteiger partial charge in [-0.1, -0.05) is 11.6 Å². The van der Waals surface area contributed by atoms with Crippen LogP contribution in [0.1, 0.15) is 24.3 Å². The van der Waals surface area contributed by atoms with Gasteiger partial charge in [-0.3, -0.25) is 9.48 Å². The molecule has 0 N–H and O–H groups in total. The van der Waals surface area contributed by atoms with Crippen LogP contribution < -0.4 is 0 Å². The number of rotatable bonds is 1. The van der Waals surface area contributed by atoms with Crippen LogP contribution in [0.2, 0.25) is 5.02 Å². The summed E-state index contributed by atoms with van der Waals surface area (Å²) in [5.74, 6) is -0.0861. The van der Waals surface area contributed by atoms with Crippen molar-refractivity contribution in [2.45, 2.75) is 26.1 Å². The third-order valence-electron chi connectivity index (χ3n) is 2.80. The lowest BCUT2D eigenvalue weighted by atomic mass is 10.2. The monoisotopic (exact) mass is 257 g/mol. The van der Waals surface area contributed by atoms with E-state index in [0.717, 1.165) is 0 Å². The third kappa shape index (κ3) is 2.45. The summed E-state index contributed by atoms with van der Waals surface area (Å²) in [4.78, 5) is 14.1. The van der Waals surface area contributed by atoms with Gasteiger partial charge in [0.1, 0.15) is 5.69 Å². The molecule has 1 fully saturated rings. The van der Waals surface area contributed by atoms with Crippen molar-refractivity contribution in [3.05, 3.63) is 16.9 Å². The second kappa shape index (κ2) is 4.66. The van der Waals surface area contributed by atoms with Crippen LogP contribution in [-0.4, -0.2) is 45.9 Å². The molecule has 17 heavy (non-hydrogen) atoms. The zero-order valence-electron chi connectivity index (χ0n) is 10.2. The molecule has 94 valence electrons. The van der Waals surface area contributed by atoms with E-state index in [1.165, 1.54) is 10.9 Å². The number of aryl methyl sites for hydroxylation is 1. The molecule has 2 atom stereocenters. The third-order valence-corrected chi connectivity index (χ3v) is 3.08. The van der Waals surface area contributed by atoms with Crippen molar-refractivity contribution in [2.75, 3.05) is 13.1 Å². The summed E-state index contributed by atoms with van der Waals surface area (Å²) in [6.07, 6.45) is 1.59. The lowest BCUT2D eigenvalue weighted by molar-refractivity contribution is -0.0588. The fourth-order valence-electron chi connectivity index (χ4n) is 2.14. The highest BCUT2D eigenvalue weighted by Crippen LogP contribution is 2.19. The van der Waals surface area contributed by atoms with Crippen LogP contribution in [-0.2, 0) is 11.8 Å². The number of hydrogen-bond acceptors (Lipinski definition) is 3. The number of halogens is 1. The van der Waals surface area contributed by atoms with Crippen molar-refractivity contribution < 1.29 is 9.53 Å². The Bertz CT molecular complexity index is 403. The van der Waals surface area contributed by atoms with E-state index in [9.17, 15) is 4.79 Å². The summed E-state index contributed by atoms with van der Waals surface area (Å²) < 4.78 is 7.10. The number of hydrogen-bond donors (Lipinski definition) is 0. The first-order valence-corrected chi connectivity index (χ1v) is 5.99. The molecule has 0 bridgehead atoms. The number of aromatic nitrogens is 2. The van der Waals surface area contributed by atoms with E-state index in [1.54, 1.807) is 11.9 Å². The van der Waals surface area contributed by atoms with E-state index in [4.69, 9.17) is 16.3 Å². The molecular weight excluding hydrogens is 242 g/mol. The second-order valence-corrected chi connectivity index (χ2v) is 4.84. The van der Waals surface area contributed by atoms with Crippen molar-refractivity contribution in [2.24, 2.45) is 7.05 Å². The van der Waals surface area contributed by atoms with E-state index >= 15 is 0 Å². The van der Waals surface area contributed by atoms with Gasteiger partial charge < -0.3 is 9.64 Å². The van der Waals surface area contributed by atoms with Gasteiger partial charge in [0.25, 0.3) is 5.91 Å². The van der Waals surface area contributed by atoms with Crippen LogP contribution in [0, 0.1) is 0 Å². The van der Waals surface area contributed by atoms with Crippen LogP contribution in [0.25, 0.3) is 0 Å². The minimum atomic E-state index is -0.0861. The van der Waals surface area contributed by atoms with Gasteiger partial charge in [0.2, 0.25) is 0 Å². The van der Waals surface area contributed by atoms with Crippen molar-refractivity contribution >= 4 is 17.5 Å². The standard InChI is InChI=1S/C11H16ClN3O2/c1-7-5-15(6-8(2)17-7)11(16)10-9(12)4-13-14(10)3/h4,7-8H,5-6H2,1-3H3. The maximum absolute atomic E-state index is 12.3. The largest absolute Gasteiger partial charge is 0.372 e. The summed E-state index contributed by atoms with van der Waals surface area (Å²) in [5, 5.41) is 4.37. The molecule has 0 spiro atoms. The van der Waals surface area contributed by atoms with Crippen LogP contribution >= 0.6 is 11.6 Å². The molecular formula is C11H16ClN3O2. The molecule has 0 aromatic carbocycles. The van der Waals surface area contributed by atoms with Crippen molar-refractivity contribution in [1.29, 1.82) is 0 Å². The molecule has 2 rings (SSSR count). The Hall–Kier alpha value is -1.07. The van der Waals surface area contributed by atoms with E-state index in [2.05, 4.69) is 5.10 Å². The Labute approximate surface area is 105 Å². The van der Waals surface area contributed by atoms with Crippen molar-refractivity contribution in [3.8, 4) is 0 Å². The number of amides is 1. The number of ether oxygens (including phenoxy) is 1. The van der Waals surface area contributed by atoms with Crippen molar-refractivity contribution in [1.82, 2.24) is 14.7 Å². The zero-order valence-corrected chi connectivity index (χ0v) is 10.9. The minimum Gasteiger partial charge on any atom is -0.372 e. The van der Waals surface area contributed by atoms with Gasteiger partial charge in [-0.2, -0.15) is 5.10 Å². The molecule has 2 heterocycles. The highest BCUT2D eigenvalue weighted by molar-refractivity contribution is 6.33. The minimum absolute atomic E-state index is 0.0507. The van der Waals surface area contributed by atoms with Gasteiger partial charge in [0, 0.05) is 20.1 Å². The van der Waals surface area contributed by atoms with E-state index < -0.39 is 0 Å². The fourth-order valence-corrected chi connectivity index (χ4v) is 2.39. The first-order valence-electron chi connectivity index (χ1n) is 5.61. The van der Waals surface area contributed by atoms with Gasteiger partial charge in [-0.05, 0) is 13.8 Å². The van der Waals surface area contributed by atoms with E-state index in [0.29, 0.717) is 23.8 Å². The molecule has 5 nitrogen and oxygen atoms in total. The zero-order chi connectivity index (χ0) is 12.6. The molecule has 6 heteroatoms. The Morgan fingerprint density at radius 1 is 1.47 bits per heavy atom. The lowest BCUT2D eigenvalue weighted by Crippen LogP contribution is -2.48. The Balaban J connectivity index is 2.20. The highest BCUT2D eigenvalue weighted by atomic mass is 35.5. The van der Waals surface area contributed by atoms with Crippen LogP contribution in [0.4, 0.5) is 0 Å². The second-order valence-electron chi connectivity index (χ2n) is 4.43. The topological polar surface area (TPSA) is 47.4 Å². The predicted octanol–water partition coefficient (Wildman–Crippen LogP) is 1.32. The Morgan fingerprint density at radius 2 is 2.06 bits per heavy atom. The Kier molecular flexibility index (Phi) is 3.40. The molecule has 0 saturated carbocycles. The SMILES string of the molecule is CC1CN(C(=O)c2c(Cl)cnn2C)CC(C)O1. The molecule has 1 aromatic heterocycles. The molecule has 0 radical (unpaired) electrons. The van der Waals surface area contributed by atoms with E-state index in [-0.39, 0.29) is 18.1 Å². The smallest absolute Gasteiger partial charge is 0.273 e. The molecule has 0 aliphatic carbocycles. The maximum atomic E-state index is 12.3. The molecule has 1 saturated heterocycles. The molecule has 1 aliphatic rings. The van der Waals surface area contributed by atoms with Gasteiger partial charge in [-0.15, -0.1) is 0 Å². The highest BCUT2D eigenvalue weighted by Gasteiger charge is 2.29. The quantitative estimate of drug-likeness (QED) is 0.762. The van der Waals surface area contributed by atoms with Gasteiger partial charge in [-0.25, -0.2) is 0 Å². The van der Waals surface area contributed by atoms with Crippen LogP contribution in [0.15, 0.2) is 6.20 Å². The average Bonchev–Trinajstić information content (AvgIpc) is 2.56. The van der Waals surface area contributed by atoms with Gasteiger partial charge in [0.15, 0.2) is 0 Å². The number of morpholine rings is 1. The van der Waals surface area contributed by atoms with E-state index in [1.807, 2.05) is 13.8 Å². The van der Waals surface area contributed by atoms with Gasteiger partial charge in [0.05, 0.1) is 23.4 Å². The normalized spacial score (nSPS) is 25.1. The summed E-state index contributed by atoms with van der Waals surface area (Å²) in [7, 11) is 1.71. The Morgan fingerprint density at radius 3 is 2.53 bits per heavy atom. The molecule has 1 aromatic rings. The molecule has 1 aliphatic heterocycles. The number of nitrogens with zero attached hydrogens (tertiary/aromatic N) is 3. The fraction of sp³-hybridized carbons (Fsp3) is 0.636. The average molecular weight is 258 g/mol. The summed E-state index contributed by atoms with van der Waals surface area (Å²) in [5.41, 5.74) is 0.438. The predicted molar refractivity (Wildman–Crippen MR) is 64.1 cm³/mol. The first-order chi connectivity index (χ1) is 7.99. The van der Waals surface area contributed by atoms with Crippen molar-refractivity contribution in [3.63, 3.8) is 0 Å². The van der Waals surface area contributed by atoms with Crippen LogP contribution in [0.3, 0.4) is 0 Å². The maximum Gasteiger partial charge on any atom is 0.273 e. The summed E-state index contributed by atoms with van der Waals surface area (Å²) >= 11 is 5.97. The summed E-state index contributed by atoms with van der Waals surface area (Å²) in [6.45, 7) is 5.09. The number of carbonyl (C=O) groups excluding carboxylic acids is 1. The first kappa shape index (κ1) is 12.4.